The molecule has 110 valence electrons. The van der Waals surface area contributed by atoms with E-state index in [4.69, 9.17) is 21.4 Å². The van der Waals surface area contributed by atoms with Gasteiger partial charge in [0.15, 0.2) is 0 Å². The van der Waals surface area contributed by atoms with Gasteiger partial charge in [0.2, 0.25) is 0 Å². The molecule has 2 heterocycles. The smallest absolute Gasteiger partial charge is 0.341 e. The fourth-order valence-corrected chi connectivity index (χ4v) is 1.43. The molecular weight excluding hydrogens is 296 g/mol. The number of ether oxygens (including phenoxy) is 1. The van der Waals surface area contributed by atoms with E-state index in [0.717, 1.165) is 0 Å². The molecule has 2 rings (SSSR count). The number of rotatable bonds is 3. The molecule has 0 atom stereocenters. The van der Waals surface area contributed by atoms with Crippen LogP contribution in [0, 0.1) is 0 Å². The second-order valence-corrected chi connectivity index (χ2v) is 3.97. The number of nitrogens with zero attached hydrogens (tertiary/aromatic N) is 2. The van der Waals surface area contributed by atoms with Crippen LogP contribution in [0.3, 0.4) is 0 Å². The highest BCUT2D eigenvalue weighted by Crippen LogP contribution is 2.12. The topological polar surface area (TPSA) is 89.4 Å². The van der Waals surface area contributed by atoms with Crippen LogP contribution in [0.2, 0.25) is 5.15 Å². The van der Waals surface area contributed by atoms with Crippen LogP contribution in [0.4, 0.5) is 0 Å². The summed E-state index contributed by atoms with van der Waals surface area (Å²) < 4.78 is 4.75. The largest absolute Gasteiger partial charge is 0.478 e. The summed E-state index contributed by atoms with van der Waals surface area (Å²) in [4.78, 5) is 28.7. The van der Waals surface area contributed by atoms with Gasteiger partial charge in [-0.1, -0.05) is 11.6 Å². The number of aromatic carboxylic acids is 1. The third-order valence-corrected chi connectivity index (χ3v) is 2.46. The summed E-state index contributed by atoms with van der Waals surface area (Å²) >= 11 is 5.64. The van der Waals surface area contributed by atoms with Crippen molar-refractivity contribution in [2.75, 3.05) is 6.61 Å². The number of carbonyl (C=O) groups is 2. The molecule has 0 unspecified atom stereocenters. The lowest BCUT2D eigenvalue weighted by atomic mass is 10.3. The van der Waals surface area contributed by atoms with Crippen LogP contribution in [-0.4, -0.2) is 33.6 Å². The van der Waals surface area contributed by atoms with Gasteiger partial charge >= 0.3 is 11.9 Å². The van der Waals surface area contributed by atoms with Crippen LogP contribution in [-0.2, 0) is 4.74 Å². The Morgan fingerprint density at radius 1 is 1.29 bits per heavy atom. The summed E-state index contributed by atoms with van der Waals surface area (Å²) in [6, 6.07) is 6.30. The lowest BCUT2D eigenvalue weighted by Gasteiger charge is -2.01. The number of carbonyl (C=O) groups excluding carboxylic acids is 1. The summed E-state index contributed by atoms with van der Waals surface area (Å²) in [6.07, 6.45) is 4.36. The van der Waals surface area contributed by atoms with Crippen LogP contribution >= 0.6 is 11.6 Å². The molecule has 21 heavy (non-hydrogen) atoms. The Bertz CT molecular complexity index is 605. The summed E-state index contributed by atoms with van der Waals surface area (Å²) in [5, 5.41) is 8.52. The van der Waals surface area contributed by atoms with E-state index in [1.54, 1.807) is 25.1 Å². The number of carboxylic acid groups (broad SMARTS) is 1. The van der Waals surface area contributed by atoms with Gasteiger partial charge in [0.25, 0.3) is 0 Å². The van der Waals surface area contributed by atoms with Crippen molar-refractivity contribution < 1.29 is 19.4 Å². The van der Waals surface area contributed by atoms with Crippen molar-refractivity contribution in [1.29, 1.82) is 0 Å². The zero-order chi connectivity index (χ0) is 15.7. The van der Waals surface area contributed by atoms with Crippen molar-refractivity contribution in [3.05, 3.63) is 59.1 Å². The monoisotopic (exact) mass is 308 g/mol. The molecule has 0 aliphatic rings. The molecule has 0 amide bonds. The standard InChI is InChI=1S/C8H8ClNO2.C6H5NO2/c1-2-12-8(11)6-4-3-5-10-7(6)9;8-6(9)5-2-1-3-7-4-5/h3-5H,2H2,1H3;1-4H,(H,8,9). The molecule has 0 aliphatic carbocycles. The molecule has 0 bridgehead atoms. The Balaban J connectivity index is 0.000000219. The van der Waals surface area contributed by atoms with E-state index >= 15 is 0 Å². The van der Waals surface area contributed by atoms with E-state index in [2.05, 4.69) is 9.97 Å². The van der Waals surface area contributed by atoms with Crippen molar-refractivity contribution in [2.45, 2.75) is 6.92 Å². The Labute approximate surface area is 126 Å². The number of aromatic nitrogens is 2. The zero-order valence-corrected chi connectivity index (χ0v) is 11.9. The molecule has 0 spiro atoms. The molecule has 6 nitrogen and oxygen atoms in total. The third-order valence-electron chi connectivity index (χ3n) is 2.16. The van der Waals surface area contributed by atoms with Gasteiger partial charge in [0.05, 0.1) is 17.7 Å². The first-order chi connectivity index (χ1) is 10.1. The van der Waals surface area contributed by atoms with Gasteiger partial charge in [-0.3, -0.25) is 4.98 Å². The predicted octanol–water partition coefficient (Wildman–Crippen LogP) is 2.69. The van der Waals surface area contributed by atoms with Gasteiger partial charge in [0, 0.05) is 18.6 Å². The predicted molar refractivity (Wildman–Crippen MR) is 76.4 cm³/mol. The maximum absolute atomic E-state index is 11.1. The molecule has 0 fully saturated rings. The Hall–Kier alpha value is -2.47. The molecule has 1 N–H and O–H groups in total. The van der Waals surface area contributed by atoms with E-state index in [-0.39, 0.29) is 10.7 Å². The van der Waals surface area contributed by atoms with E-state index in [0.29, 0.717) is 12.2 Å². The average Bonchev–Trinajstić information content (AvgIpc) is 2.49. The average molecular weight is 309 g/mol. The second kappa shape index (κ2) is 8.65. The maximum Gasteiger partial charge on any atom is 0.341 e. The number of carboxylic acids is 1. The van der Waals surface area contributed by atoms with Crippen LogP contribution in [0.15, 0.2) is 42.9 Å². The Kier molecular flexibility index (Phi) is 6.83. The van der Waals surface area contributed by atoms with E-state index in [1.165, 1.54) is 24.7 Å². The summed E-state index contributed by atoms with van der Waals surface area (Å²) in [5.41, 5.74) is 0.526. The lowest BCUT2D eigenvalue weighted by molar-refractivity contribution is 0.0525. The first-order valence-corrected chi connectivity index (χ1v) is 6.35. The molecular formula is C14H13ClN2O4. The number of hydrogen-bond donors (Lipinski definition) is 1. The molecule has 0 aliphatic heterocycles. The number of esters is 1. The fourth-order valence-electron chi connectivity index (χ4n) is 1.24. The minimum absolute atomic E-state index is 0.177. The first kappa shape index (κ1) is 16.6. The highest BCUT2D eigenvalue weighted by Gasteiger charge is 2.10. The van der Waals surface area contributed by atoms with Gasteiger partial charge in [-0.2, -0.15) is 0 Å². The van der Waals surface area contributed by atoms with Gasteiger partial charge in [-0.15, -0.1) is 0 Å². The number of pyridine rings is 2. The maximum atomic E-state index is 11.1. The van der Waals surface area contributed by atoms with Crippen molar-refractivity contribution in [1.82, 2.24) is 9.97 Å². The van der Waals surface area contributed by atoms with Gasteiger partial charge < -0.3 is 9.84 Å². The molecule has 2 aromatic rings. The van der Waals surface area contributed by atoms with Gasteiger partial charge in [0.1, 0.15) is 5.15 Å². The summed E-state index contributed by atoms with van der Waals surface area (Å²) in [5.74, 6) is -1.38. The van der Waals surface area contributed by atoms with Crippen molar-refractivity contribution in [2.24, 2.45) is 0 Å². The SMILES string of the molecule is CCOC(=O)c1cccnc1Cl.O=C(O)c1cccnc1. The fraction of sp³-hybridized carbons (Fsp3) is 0.143. The summed E-state index contributed by atoms with van der Waals surface area (Å²) in [7, 11) is 0. The molecule has 7 heteroatoms. The zero-order valence-electron chi connectivity index (χ0n) is 11.2. The first-order valence-electron chi connectivity index (χ1n) is 5.97. The highest BCUT2D eigenvalue weighted by atomic mass is 35.5. The molecule has 0 saturated heterocycles. The number of halogens is 1. The van der Waals surface area contributed by atoms with Crippen LogP contribution in [0.25, 0.3) is 0 Å². The highest BCUT2D eigenvalue weighted by molar-refractivity contribution is 6.32. The normalized spacial score (nSPS) is 9.24. The molecule has 0 radical (unpaired) electrons. The quantitative estimate of drug-likeness (QED) is 0.692. The van der Waals surface area contributed by atoms with E-state index < -0.39 is 11.9 Å². The molecule has 2 aromatic heterocycles. The van der Waals surface area contributed by atoms with Crippen molar-refractivity contribution >= 4 is 23.5 Å². The Morgan fingerprint density at radius 2 is 2.00 bits per heavy atom. The summed E-state index contributed by atoms with van der Waals surface area (Å²) in [6.45, 7) is 2.08. The van der Waals surface area contributed by atoms with Crippen molar-refractivity contribution in [3.63, 3.8) is 0 Å². The van der Waals surface area contributed by atoms with Gasteiger partial charge in [-0.05, 0) is 31.2 Å². The molecule has 0 aromatic carbocycles. The van der Waals surface area contributed by atoms with Crippen LogP contribution < -0.4 is 0 Å². The minimum atomic E-state index is -0.942. The lowest BCUT2D eigenvalue weighted by Crippen LogP contribution is -2.05. The second-order valence-electron chi connectivity index (χ2n) is 3.61. The van der Waals surface area contributed by atoms with Crippen molar-refractivity contribution in [3.8, 4) is 0 Å². The number of hydrogen-bond acceptors (Lipinski definition) is 5. The minimum Gasteiger partial charge on any atom is -0.478 e. The van der Waals surface area contributed by atoms with E-state index in [9.17, 15) is 9.59 Å². The van der Waals surface area contributed by atoms with E-state index in [1.807, 2.05) is 0 Å². The van der Waals surface area contributed by atoms with Crippen LogP contribution in [0.1, 0.15) is 27.6 Å². The third kappa shape index (κ3) is 5.58. The van der Waals surface area contributed by atoms with Gasteiger partial charge in [-0.25, -0.2) is 14.6 Å². The van der Waals surface area contributed by atoms with Crippen LogP contribution in [0.5, 0.6) is 0 Å². The Morgan fingerprint density at radius 3 is 2.48 bits per heavy atom. The molecule has 0 saturated carbocycles.